The Bertz CT molecular complexity index is 409. The Labute approximate surface area is 117 Å². The first kappa shape index (κ1) is 13.8. The zero-order valence-corrected chi connectivity index (χ0v) is 12.5. The van der Waals surface area contributed by atoms with Gasteiger partial charge in [-0.05, 0) is 37.6 Å². The third-order valence-electron chi connectivity index (χ3n) is 3.14. The molecule has 0 aromatic heterocycles. The molecule has 0 spiro atoms. The summed E-state index contributed by atoms with van der Waals surface area (Å²) >= 11 is 3.66. The van der Waals surface area contributed by atoms with Gasteiger partial charge in [-0.2, -0.15) is 0 Å². The molecular weight excluding hydrogens is 294 g/mol. The molecule has 4 heteroatoms. The standard InChI is InChI=1S/C14H20BrNO2/c1-3-16-12-9-17-8-7-10-13(18-4-2)6-5-11(15)14(10)12/h5-6,12,16H,3-4,7-9H2,1-2H3. The van der Waals surface area contributed by atoms with Crippen molar-refractivity contribution >= 4 is 15.9 Å². The normalized spacial score (nSPS) is 19.2. The van der Waals surface area contributed by atoms with E-state index in [9.17, 15) is 0 Å². The molecule has 0 saturated heterocycles. The zero-order valence-electron chi connectivity index (χ0n) is 11.0. The Morgan fingerprint density at radius 3 is 3.00 bits per heavy atom. The lowest BCUT2D eigenvalue weighted by Crippen LogP contribution is -2.25. The fourth-order valence-electron chi connectivity index (χ4n) is 2.41. The van der Waals surface area contributed by atoms with Gasteiger partial charge >= 0.3 is 0 Å². The lowest BCUT2D eigenvalue weighted by molar-refractivity contribution is 0.122. The van der Waals surface area contributed by atoms with E-state index in [2.05, 4.69) is 34.2 Å². The first-order valence-electron chi connectivity index (χ1n) is 6.53. The van der Waals surface area contributed by atoms with E-state index in [0.717, 1.165) is 36.4 Å². The predicted molar refractivity (Wildman–Crippen MR) is 76.3 cm³/mol. The average molecular weight is 314 g/mol. The van der Waals surface area contributed by atoms with E-state index in [1.165, 1.54) is 11.1 Å². The Kier molecular flexibility index (Phi) is 5.03. The fourth-order valence-corrected chi connectivity index (χ4v) is 3.06. The number of halogens is 1. The molecule has 3 nitrogen and oxygen atoms in total. The van der Waals surface area contributed by atoms with Crippen LogP contribution in [0.4, 0.5) is 0 Å². The summed E-state index contributed by atoms with van der Waals surface area (Å²) < 4.78 is 12.6. The van der Waals surface area contributed by atoms with Crippen molar-refractivity contribution < 1.29 is 9.47 Å². The number of benzene rings is 1. The first-order chi connectivity index (χ1) is 8.77. The van der Waals surface area contributed by atoms with Crippen molar-refractivity contribution in [2.75, 3.05) is 26.4 Å². The summed E-state index contributed by atoms with van der Waals surface area (Å²) in [6.07, 6.45) is 0.909. The van der Waals surface area contributed by atoms with E-state index in [1.807, 2.05) is 13.0 Å². The predicted octanol–water partition coefficient (Wildman–Crippen LogP) is 3.07. The molecule has 0 fully saturated rings. The van der Waals surface area contributed by atoms with Crippen LogP contribution >= 0.6 is 15.9 Å². The van der Waals surface area contributed by atoms with Crippen molar-refractivity contribution in [3.63, 3.8) is 0 Å². The van der Waals surface area contributed by atoms with Gasteiger partial charge in [0.25, 0.3) is 0 Å². The Morgan fingerprint density at radius 1 is 1.44 bits per heavy atom. The van der Waals surface area contributed by atoms with Crippen LogP contribution in [-0.4, -0.2) is 26.4 Å². The van der Waals surface area contributed by atoms with E-state index in [1.54, 1.807) is 0 Å². The Balaban J connectivity index is 2.44. The third kappa shape index (κ3) is 2.87. The molecule has 1 atom stereocenters. The summed E-state index contributed by atoms with van der Waals surface area (Å²) in [5.41, 5.74) is 2.56. The van der Waals surface area contributed by atoms with Gasteiger partial charge in [0, 0.05) is 10.0 Å². The molecule has 1 heterocycles. The van der Waals surface area contributed by atoms with E-state index in [4.69, 9.17) is 9.47 Å². The number of likely N-dealkylation sites (N-methyl/N-ethyl adjacent to an activating group) is 1. The molecule has 2 rings (SSSR count). The number of hydrogen-bond acceptors (Lipinski definition) is 3. The molecule has 0 saturated carbocycles. The molecular formula is C14H20BrNO2. The molecule has 1 aromatic carbocycles. The molecule has 1 aliphatic rings. The molecule has 1 aliphatic heterocycles. The van der Waals surface area contributed by atoms with E-state index >= 15 is 0 Å². The molecule has 0 bridgehead atoms. The molecule has 1 aromatic rings. The highest BCUT2D eigenvalue weighted by Crippen LogP contribution is 2.35. The SMILES string of the molecule is CCNC1COCCc2c(OCC)ccc(Br)c21. The van der Waals surface area contributed by atoms with Crippen molar-refractivity contribution in [2.24, 2.45) is 0 Å². The second kappa shape index (κ2) is 6.55. The quantitative estimate of drug-likeness (QED) is 0.926. The third-order valence-corrected chi connectivity index (χ3v) is 3.83. The summed E-state index contributed by atoms with van der Waals surface area (Å²) in [6.45, 7) is 7.23. The lowest BCUT2D eigenvalue weighted by atomic mass is 9.98. The molecule has 0 aliphatic carbocycles. The highest BCUT2D eigenvalue weighted by atomic mass is 79.9. The number of nitrogens with one attached hydrogen (secondary N) is 1. The number of hydrogen-bond donors (Lipinski definition) is 1. The van der Waals surface area contributed by atoms with Gasteiger partial charge in [0.05, 0.1) is 25.9 Å². The van der Waals surface area contributed by atoms with Crippen LogP contribution in [0.1, 0.15) is 31.0 Å². The van der Waals surface area contributed by atoms with Crippen LogP contribution in [0.2, 0.25) is 0 Å². The van der Waals surface area contributed by atoms with Crippen molar-refractivity contribution in [3.8, 4) is 5.75 Å². The van der Waals surface area contributed by atoms with Gasteiger partial charge in [-0.3, -0.25) is 0 Å². The van der Waals surface area contributed by atoms with Gasteiger partial charge < -0.3 is 14.8 Å². The molecule has 0 radical (unpaired) electrons. The summed E-state index contributed by atoms with van der Waals surface area (Å²) in [7, 11) is 0. The van der Waals surface area contributed by atoms with Crippen molar-refractivity contribution in [3.05, 3.63) is 27.7 Å². The van der Waals surface area contributed by atoms with E-state index in [-0.39, 0.29) is 6.04 Å². The average Bonchev–Trinajstić information content (AvgIpc) is 2.57. The maximum atomic E-state index is 5.74. The minimum Gasteiger partial charge on any atom is -0.494 e. The second-order valence-corrected chi connectivity index (χ2v) is 5.16. The summed E-state index contributed by atoms with van der Waals surface area (Å²) in [5, 5.41) is 3.48. The van der Waals surface area contributed by atoms with Crippen LogP contribution in [0.5, 0.6) is 5.75 Å². The van der Waals surface area contributed by atoms with Crippen LogP contribution in [0, 0.1) is 0 Å². The van der Waals surface area contributed by atoms with Gasteiger partial charge in [0.1, 0.15) is 5.75 Å². The summed E-state index contributed by atoms with van der Waals surface area (Å²) in [5.74, 6) is 0.990. The largest absolute Gasteiger partial charge is 0.494 e. The lowest BCUT2D eigenvalue weighted by Gasteiger charge is -2.21. The minimum absolute atomic E-state index is 0.238. The van der Waals surface area contributed by atoms with Crippen molar-refractivity contribution in [1.29, 1.82) is 0 Å². The maximum absolute atomic E-state index is 5.74. The van der Waals surface area contributed by atoms with Crippen LogP contribution in [-0.2, 0) is 11.2 Å². The molecule has 100 valence electrons. The molecule has 1 N–H and O–H groups in total. The second-order valence-electron chi connectivity index (χ2n) is 4.31. The molecule has 1 unspecified atom stereocenters. The van der Waals surface area contributed by atoms with E-state index in [0.29, 0.717) is 6.61 Å². The fraction of sp³-hybridized carbons (Fsp3) is 0.571. The van der Waals surface area contributed by atoms with Gasteiger partial charge in [0.2, 0.25) is 0 Å². The van der Waals surface area contributed by atoms with E-state index < -0.39 is 0 Å². The van der Waals surface area contributed by atoms with Gasteiger partial charge in [-0.25, -0.2) is 0 Å². The van der Waals surface area contributed by atoms with Crippen LogP contribution < -0.4 is 10.1 Å². The monoisotopic (exact) mass is 313 g/mol. The number of fused-ring (bicyclic) bond motifs is 1. The summed E-state index contributed by atoms with van der Waals surface area (Å²) in [6, 6.07) is 4.35. The highest BCUT2D eigenvalue weighted by Gasteiger charge is 2.23. The maximum Gasteiger partial charge on any atom is 0.122 e. The number of ether oxygens (including phenoxy) is 2. The number of rotatable bonds is 4. The van der Waals surface area contributed by atoms with Gasteiger partial charge in [-0.1, -0.05) is 22.9 Å². The summed E-state index contributed by atoms with van der Waals surface area (Å²) in [4.78, 5) is 0. The van der Waals surface area contributed by atoms with Crippen LogP contribution in [0.3, 0.4) is 0 Å². The highest BCUT2D eigenvalue weighted by molar-refractivity contribution is 9.10. The Hall–Kier alpha value is -0.580. The molecule has 0 amide bonds. The van der Waals surface area contributed by atoms with Crippen LogP contribution in [0.25, 0.3) is 0 Å². The smallest absolute Gasteiger partial charge is 0.122 e. The van der Waals surface area contributed by atoms with Gasteiger partial charge in [-0.15, -0.1) is 0 Å². The van der Waals surface area contributed by atoms with Crippen molar-refractivity contribution in [1.82, 2.24) is 5.32 Å². The van der Waals surface area contributed by atoms with Crippen LogP contribution in [0.15, 0.2) is 16.6 Å². The first-order valence-corrected chi connectivity index (χ1v) is 7.32. The van der Waals surface area contributed by atoms with Gasteiger partial charge in [0.15, 0.2) is 0 Å². The minimum atomic E-state index is 0.238. The zero-order chi connectivity index (χ0) is 13.0. The van der Waals surface area contributed by atoms with Crippen molar-refractivity contribution in [2.45, 2.75) is 26.3 Å². The topological polar surface area (TPSA) is 30.5 Å². The molecule has 18 heavy (non-hydrogen) atoms. The Morgan fingerprint density at radius 2 is 2.28 bits per heavy atom.